The van der Waals surface area contributed by atoms with Crippen molar-refractivity contribution in [1.82, 2.24) is 0 Å². The van der Waals surface area contributed by atoms with E-state index in [-0.39, 0.29) is 11.6 Å². The van der Waals surface area contributed by atoms with Gasteiger partial charge >= 0.3 is 5.97 Å². The molecule has 0 aliphatic heterocycles. The summed E-state index contributed by atoms with van der Waals surface area (Å²) in [7, 11) is 0. The zero-order valence-corrected chi connectivity index (χ0v) is 10.5. The van der Waals surface area contributed by atoms with Gasteiger partial charge < -0.3 is 9.84 Å². The number of carbonyl (C=O) groups excluding carboxylic acids is 1. The van der Waals surface area contributed by atoms with Gasteiger partial charge in [0.05, 0.1) is 6.61 Å². The van der Waals surface area contributed by atoms with E-state index in [4.69, 9.17) is 21.4 Å². The molecule has 0 fully saturated rings. The molecule has 0 saturated carbocycles. The van der Waals surface area contributed by atoms with E-state index < -0.39 is 5.97 Å². The molecule has 0 aliphatic rings. The van der Waals surface area contributed by atoms with E-state index in [1.54, 1.807) is 0 Å². The Kier molecular flexibility index (Phi) is 10.6. The fourth-order valence-corrected chi connectivity index (χ4v) is 1.40. The highest BCUT2D eigenvalue weighted by atomic mass is 35.5. The third-order valence-corrected chi connectivity index (χ3v) is 2.41. The van der Waals surface area contributed by atoms with E-state index in [9.17, 15) is 4.79 Å². The van der Waals surface area contributed by atoms with E-state index in [2.05, 4.69) is 6.58 Å². The molecular formula is C12H21ClO3. The highest BCUT2D eigenvalue weighted by molar-refractivity contribution is 6.40. The molecule has 0 rings (SSSR count). The van der Waals surface area contributed by atoms with Crippen molar-refractivity contribution in [3.63, 3.8) is 0 Å². The molecular weight excluding hydrogens is 228 g/mol. The predicted molar refractivity (Wildman–Crippen MR) is 65.4 cm³/mol. The third kappa shape index (κ3) is 9.99. The van der Waals surface area contributed by atoms with Gasteiger partial charge in [0.15, 0.2) is 0 Å². The van der Waals surface area contributed by atoms with Gasteiger partial charge in [-0.15, -0.1) is 0 Å². The summed E-state index contributed by atoms with van der Waals surface area (Å²) in [6.45, 7) is 3.99. The predicted octanol–water partition coefficient (Wildman–Crippen LogP) is 3.01. The first kappa shape index (κ1) is 15.5. The highest BCUT2D eigenvalue weighted by Gasteiger charge is 2.03. The number of halogens is 1. The van der Waals surface area contributed by atoms with Gasteiger partial charge in [-0.25, -0.2) is 4.79 Å². The monoisotopic (exact) mass is 248 g/mol. The Morgan fingerprint density at radius 2 is 1.56 bits per heavy atom. The van der Waals surface area contributed by atoms with Crippen molar-refractivity contribution in [3.05, 3.63) is 11.6 Å². The minimum absolute atomic E-state index is 0.0657. The Balaban J connectivity index is 3.10. The summed E-state index contributed by atoms with van der Waals surface area (Å²) in [5, 5.41) is 8.50. The Morgan fingerprint density at radius 1 is 1.06 bits per heavy atom. The van der Waals surface area contributed by atoms with Crippen LogP contribution in [0, 0.1) is 0 Å². The normalized spacial score (nSPS) is 10.1. The van der Waals surface area contributed by atoms with Gasteiger partial charge in [0.2, 0.25) is 0 Å². The first-order valence-electron chi connectivity index (χ1n) is 5.81. The summed E-state index contributed by atoms with van der Waals surface area (Å²) in [6.07, 6.45) is 7.41. The number of carbonyl (C=O) groups is 1. The minimum Gasteiger partial charge on any atom is -0.461 e. The fraction of sp³-hybridized carbons (Fsp3) is 0.750. The average Bonchev–Trinajstić information content (AvgIpc) is 2.26. The molecule has 0 atom stereocenters. The van der Waals surface area contributed by atoms with Crippen LogP contribution < -0.4 is 0 Å². The Morgan fingerprint density at radius 3 is 2.06 bits per heavy atom. The molecule has 0 radical (unpaired) electrons. The number of rotatable bonds is 10. The van der Waals surface area contributed by atoms with Crippen LogP contribution in [0.25, 0.3) is 0 Å². The molecule has 0 spiro atoms. The second-order valence-electron chi connectivity index (χ2n) is 3.74. The summed E-state index contributed by atoms with van der Waals surface area (Å²) in [4.78, 5) is 10.9. The Hall–Kier alpha value is -0.540. The molecule has 1 N–H and O–H groups in total. The second kappa shape index (κ2) is 11.0. The van der Waals surface area contributed by atoms with Crippen LogP contribution in [0.15, 0.2) is 11.6 Å². The van der Waals surface area contributed by atoms with Gasteiger partial charge in [0.25, 0.3) is 0 Å². The lowest BCUT2D eigenvalue weighted by Crippen LogP contribution is -2.04. The molecule has 0 bridgehead atoms. The van der Waals surface area contributed by atoms with Crippen LogP contribution in [0.4, 0.5) is 0 Å². The van der Waals surface area contributed by atoms with Crippen molar-refractivity contribution in [3.8, 4) is 0 Å². The quantitative estimate of drug-likeness (QED) is 0.367. The topological polar surface area (TPSA) is 46.5 Å². The van der Waals surface area contributed by atoms with Gasteiger partial charge in [0, 0.05) is 6.61 Å². The smallest absolute Gasteiger partial charge is 0.349 e. The molecule has 16 heavy (non-hydrogen) atoms. The van der Waals surface area contributed by atoms with Crippen LogP contribution in [-0.2, 0) is 9.53 Å². The van der Waals surface area contributed by atoms with E-state index >= 15 is 0 Å². The highest BCUT2D eigenvalue weighted by Crippen LogP contribution is 2.07. The van der Waals surface area contributed by atoms with Crippen molar-refractivity contribution in [2.45, 2.75) is 44.9 Å². The molecule has 0 heterocycles. The van der Waals surface area contributed by atoms with Crippen LogP contribution in [0.1, 0.15) is 44.9 Å². The maximum Gasteiger partial charge on any atom is 0.349 e. The molecule has 0 aromatic rings. The zero-order valence-electron chi connectivity index (χ0n) is 9.71. The van der Waals surface area contributed by atoms with Crippen molar-refractivity contribution in [1.29, 1.82) is 0 Å². The molecule has 0 saturated heterocycles. The molecule has 0 aliphatic carbocycles. The number of esters is 1. The number of aliphatic hydroxyl groups is 1. The number of unbranched alkanes of at least 4 members (excludes halogenated alkanes) is 6. The van der Waals surface area contributed by atoms with Crippen molar-refractivity contribution < 1.29 is 14.6 Å². The summed E-state index contributed by atoms with van der Waals surface area (Å²) in [5.74, 6) is -0.524. The van der Waals surface area contributed by atoms with Gasteiger partial charge in [-0.05, 0) is 12.8 Å². The summed E-state index contributed by atoms with van der Waals surface area (Å²) in [5.41, 5.74) is 0. The van der Waals surface area contributed by atoms with Crippen molar-refractivity contribution in [2.75, 3.05) is 13.2 Å². The van der Waals surface area contributed by atoms with E-state index in [0.29, 0.717) is 6.61 Å². The van der Waals surface area contributed by atoms with E-state index in [1.807, 2.05) is 0 Å². The summed E-state index contributed by atoms with van der Waals surface area (Å²) < 4.78 is 4.85. The van der Waals surface area contributed by atoms with E-state index in [1.165, 1.54) is 12.8 Å². The van der Waals surface area contributed by atoms with Gasteiger partial charge in [-0.2, -0.15) is 0 Å². The lowest BCUT2D eigenvalue weighted by Gasteiger charge is -2.03. The molecule has 3 nitrogen and oxygen atoms in total. The summed E-state index contributed by atoms with van der Waals surface area (Å²) >= 11 is 5.35. The fourth-order valence-electron chi connectivity index (χ4n) is 1.34. The third-order valence-electron chi connectivity index (χ3n) is 2.26. The van der Waals surface area contributed by atoms with Gasteiger partial charge in [-0.1, -0.05) is 50.3 Å². The average molecular weight is 249 g/mol. The van der Waals surface area contributed by atoms with E-state index in [0.717, 1.165) is 32.1 Å². The van der Waals surface area contributed by atoms with Crippen LogP contribution in [0.5, 0.6) is 0 Å². The zero-order chi connectivity index (χ0) is 12.2. The maximum atomic E-state index is 10.9. The van der Waals surface area contributed by atoms with Gasteiger partial charge in [0.1, 0.15) is 5.03 Å². The van der Waals surface area contributed by atoms with Crippen molar-refractivity contribution >= 4 is 17.6 Å². The minimum atomic E-state index is -0.524. The van der Waals surface area contributed by atoms with Crippen molar-refractivity contribution in [2.24, 2.45) is 0 Å². The number of hydrogen-bond donors (Lipinski definition) is 1. The Bertz CT molecular complexity index is 204. The molecule has 0 unspecified atom stereocenters. The number of ether oxygens (including phenoxy) is 1. The molecule has 94 valence electrons. The molecule has 0 amide bonds. The molecule has 0 aromatic heterocycles. The SMILES string of the molecule is C=C(Cl)C(=O)OCCCCCCCCCO. The molecule has 4 heteroatoms. The molecule has 0 aromatic carbocycles. The van der Waals surface area contributed by atoms with Crippen LogP contribution in [-0.4, -0.2) is 24.3 Å². The summed E-state index contributed by atoms with van der Waals surface area (Å²) in [6, 6.07) is 0. The maximum absolute atomic E-state index is 10.9. The number of aliphatic hydroxyl groups excluding tert-OH is 1. The second-order valence-corrected chi connectivity index (χ2v) is 4.20. The van der Waals surface area contributed by atoms with Crippen LogP contribution in [0.3, 0.4) is 0 Å². The first-order valence-corrected chi connectivity index (χ1v) is 6.18. The van der Waals surface area contributed by atoms with Crippen LogP contribution >= 0.6 is 11.6 Å². The number of hydrogen-bond acceptors (Lipinski definition) is 3. The first-order chi connectivity index (χ1) is 7.68. The largest absolute Gasteiger partial charge is 0.461 e. The standard InChI is InChI=1S/C12H21ClO3/c1-11(13)12(15)16-10-8-6-4-2-3-5-7-9-14/h14H,1-10H2. The van der Waals surface area contributed by atoms with Gasteiger partial charge in [-0.3, -0.25) is 0 Å². The lowest BCUT2D eigenvalue weighted by atomic mass is 10.1. The lowest BCUT2D eigenvalue weighted by molar-refractivity contribution is -0.138. The van der Waals surface area contributed by atoms with Crippen LogP contribution in [0.2, 0.25) is 0 Å². The Labute approximate surface area is 102 Å².